The Kier molecular flexibility index (Phi) is 6.80. The fraction of sp³-hybridized carbons (Fsp3) is 0.542. The number of aromatic amines is 1. The molecule has 4 N–H and O–H groups in total. The van der Waals surface area contributed by atoms with Crippen LogP contribution in [0.5, 0.6) is 5.75 Å². The molecule has 10 heteroatoms. The van der Waals surface area contributed by atoms with Gasteiger partial charge in [-0.05, 0) is 31.4 Å². The predicted octanol–water partition coefficient (Wildman–Crippen LogP) is 0.590. The van der Waals surface area contributed by atoms with Gasteiger partial charge in [-0.3, -0.25) is 14.5 Å². The Balaban J connectivity index is 1.39. The average molecular weight is 470 g/mol. The fourth-order valence-corrected chi connectivity index (χ4v) is 5.04. The van der Waals surface area contributed by atoms with Gasteiger partial charge in [0.05, 0.1) is 37.0 Å². The number of carbonyl (C=O) groups excluding carboxylic acids is 2. The topological polar surface area (TPSA) is 129 Å². The molecule has 3 aliphatic heterocycles. The first-order valence-corrected chi connectivity index (χ1v) is 11.9. The summed E-state index contributed by atoms with van der Waals surface area (Å²) in [5.41, 5.74) is 0.470. The zero-order chi connectivity index (χ0) is 23.5. The number of amides is 2. The van der Waals surface area contributed by atoms with Crippen molar-refractivity contribution in [1.29, 1.82) is 0 Å². The van der Waals surface area contributed by atoms with Crippen LogP contribution < -0.4 is 15.4 Å². The van der Waals surface area contributed by atoms with Crippen molar-refractivity contribution >= 4 is 11.8 Å². The zero-order valence-corrected chi connectivity index (χ0v) is 19.0. The molecule has 4 heterocycles. The standard InChI is InChI=1S/C24H31N5O5/c30-19-6-5-16-7-10-33-20-4-2-1-3-17(20)23(31)28-15-11-18(24(32)27-12-21(19)34-16)29(13-15)14-22-25-8-9-26-22/h1-4,8-9,15-16,18-19,21,30H,5-7,10-14H2,(H,25,26)(H,27,32)(H,28,31)/t15-,16-,18-,19-,21+/m0/s1. The Hall–Kier alpha value is -2.95. The Morgan fingerprint density at radius 3 is 2.91 bits per heavy atom. The van der Waals surface area contributed by atoms with Crippen molar-refractivity contribution in [2.24, 2.45) is 0 Å². The van der Waals surface area contributed by atoms with E-state index < -0.39 is 18.2 Å². The van der Waals surface area contributed by atoms with Gasteiger partial charge in [0, 0.05) is 37.9 Å². The molecule has 2 fully saturated rings. The molecule has 182 valence electrons. The van der Waals surface area contributed by atoms with Gasteiger partial charge in [-0.1, -0.05) is 12.1 Å². The van der Waals surface area contributed by atoms with Crippen LogP contribution in [0.15, 0.2) is 36.7 Å². The molecular weight excluding hydrogens is 438 g/mol. The highest BCUT2D eigenvalue weighted by Crippen LogP contribution is 2.25. The molecule has 0 unspecified atom stereocenters. The second-order valence-electron chi connectivity index (χ2n) is 9.21. The highest BCUT2D eigenvalue weighted by atomic mass is 16.5. The summed E-state index contributed by atoms with van der Waals surface area (Å²) in [7, 11) is 0. The summed E-state index contributed by atoms with van der Waals surface area (Å²) in [6.07, 6.45) is 4.70. The lowest BCUT2D eigenvalue weighted by atomic mass is 9.99. The molecule has 5 rings (SSSR count). The number of ether oxygens (including phenoxy) is 2. The molecular formula is C24H31N5O5. The summed E-state index contributed by atoms with van der Waals surface area (Å²) in [6.45, 7) is 1.61. The quantitative estimate of drug-likeness (QED) is 0.507. The van der Waals surface area contributed by atoms with E-state index in [0.29, 0.717) is 50.3 Å². The van der Waals surface area contributed by atoms with Crippen LogP contribution in [0.25, 0.3) is 0 Å². The molecule has 0 spiro atoms. The molecule has 2 amide bonds. The number of benzene rings is 1. The maximum absolute atomic E-state index is 13.2. The van der Waals surface area contributed by atoms with Crippen LogP contribution in [0.4, 0.5) is 0 Å². The Morgan fingerprint density at radius 2 is 2.06 bits per heavy atom. The van der Waals surface area contributed by atoms with Crippen LogP contribution in [0.1, 0.15) is 41.9 Å². The Labute approximate surface area is 198 Å². The zero-order valence-electron chi connectivity index (χ0n) is 19.0. The van der Waals surface area contributed by atoms with Crippen molar-refractivity contribution in [1.82, 2.24) is 25.5 Å². The lowest BCUT2D eigenvalue weighted by Crippen LogP contribution is -2.50. The van der Waals surface area contributed by atoms with Gasteiger partial charge in [-0.25, -0.2) is 4.98 Å². The van der Waals surface area contributed by atoms with Crippen LogP contribution in [0, 0.1) is 0 Å². The monoisotopic (exact) mass is 469 g/mol. The van der Waals surface area contributed by atoms with Crippen molar-refractivity contribution in [3.63, 3.8) is 0 Å². The number of nitrogens with one attached hydrogen (secondary N) is 3. The highest BCUT2D eigenvalue weighted by Gasteiger charge is 2.39. The van der Waals surface area contributed by atoms with E-state index in [1.807, 2.05) is 17.0 Å². The SMILES string of the molecule is O=C1N[C@H]2C[C@@H](C(=O)NC[C@H]3O[C@H](CCOc4ccccc41)CC[C@@H]3O)N(Cc1ncc[nH]1)C2. The second-order valence-corrected chi connectivity index (χ2v) is 9.21. The van der Waals surface area contributed by atoms with E-state index in [9.17, 15) is 14.7 Å². The van der Waals surface area contributed by atoms with Gasteiger partial charge < -0.3 is 30.2 Å². The maximum atomic E-state index is 13.2. The van der Waals surface area contributed by atoms with Crippen LogP contribution in [0.3, 0.4) is 0 Å². The normalized spacial score (nSPS) is 30.7. The molecule has 1 aromatic carbocycles. The molecule has 0 aliphatic carbocycles. The summed E-state index contributed by atoms with van der Waals surface area (Å²) in [5.74, 6) is 0.920. The molecule has 0 saturated carbocycles. The van der Waals surface area contributed by atoms with Gasteiger partial charge in [-0.15, -0.1) is 0 Å². The predicted molar refractivity (Wildman–Crippen MR) is 122 cm³/mol. The molecule has 3 aliphatic rings. The van der Waals surface area contributed by atoms with Crippen LogP contribution in [-0.4, -0.2) is 81.9 Å². The lowest BCUT2D eigenvalue weighted by molar-refractivity contribution is -0.133. The van der Waals surface area contributed by atoms with E-state index in [2.05, 4.69) is 20.6 Å². The third kappa shape index (κ3) is 5.08. The van der Waals surface area contributed by atoms with E-state index >= 15 is 0 Å². The number of hydrogen-bond acceptors (Lipinski definition) is 7. The number of imidazole rings is 1. The summed E-state index contributed by atoms with van der Waals surface area (Å²) in [5, 5.41) is 16.5. The molecule has 2 saturated heterocycles. The van der Waals surface area contributed by atoms with E-state index in [4.69, 9.17) is 9.47 Å². The molecule has 34 heavy (non-hydrogen) atoms. The van der Waals surface area contributed by atoms with Crippen molar-refractivity contribution in [2.75, 3.05) is 19.7 Å². The van der Waals surface area contributed by atoms with Crippen molar-refractivity contribution in [2.45, 2.75) is 62.6 Å². The third-order valence-corrected chi connectivity index (χ3v) is 6.84. The van der Waals surface area contributed by atoms with Gasteiger partial charge in [0.15, 0.2) is 0 Å². The number of aliphatic hydroxyl groups excluding tert-OH is 1. The molecule has 10 nitrogen and oxygen atoms in total. The first kappa shape index (κ1) is 22.8. The number of carbonyl (C=O) groups is 2. The number of nitrogens with zero attached hydrogens (tertiary/aromatic N) is 2. The summed E-state index contributed by atoms with van der Waals surface area (Å²) in [4.78, 5) is 35.7. The van der Waals surface area contributed by atoms with Gasteiger partial charge in [0.25, 0.3) is 5.91 Å². The van der Waals surface area contributed by atoms with E-state index in [-0.39, 0.29) is 30.5 Å². The lowest BCUT2D eigenvalue weighted by Gasteiger charge is -2.34. The molecule has 4 bridgehead atoms. The Morgan fingerprint density at radius 1 is 1.18 bits per heavy atom. The van der Waals surface area contributed by atoms with Crippen molar-refractivity contribution < 1.29 is 24.2 Å². The minimum Gasteiger partial charge on any atom is -0.493 e. The van der Waals surface area contributed by atoms with Crippen molar-refractivity contribution in [3.05, 3.63) is 48.0 Å². The van der Waals surface area contributed by atoms with Gasteiger partial charge in [-0.2, -0.15) is 0 Å². The highest BCUT2D eigenvalue weighted by molar-refractivity contribution is 5.97. The minimum absolute atomic E-state index is 0.0782. The first-order chi connectivity index (χ1) is 16.6. The number of H-pyrrole nitrogens is 1. The first-order valence-electron chi connectivity index (χ1n) is 11.9. The summed E-state index contributed by atoms with van der Waals surface area (Å²) >= 11 is 0. The number of hydrogen-bond donors (Lipinski definition) is 4. The van der Waals surface area contributed by atoms with E-state index in [1.54, 1.807) is 24.5 Å². The minimum atomic E-state index is -0.619. The number of likely N-dealkylation sites (tertiary alicyclic amines) is 1. The number of fused-ring (bicyclic) bond motifs is 5. The van der Waals surface area contributed by atoms with Crippen molar-refractivity contribution in [3.8, 4) is 5.75 Å². The summed E-state index contributed by atoms with van der Waals surface area (Å²) in [6, 6.07) is 6.54. The van der Waals surface area contributed by atoms with E-state index in [0.717, 1.165) is 12.2 Å². The largest absolute Gasteiger partial charge is 0.493 e. The molecule has 1 aromatic heterocycles. The maximum Gasteiger partial charge on any atom is 0.255 e. The third-order valence-electron chi connectivity index (χ3n) is 6.84. The Bertz CT molecular complexity index is 999. The molecule has 0 radical (unpaired) electrons. The smallest absolute Gasteiger partial charge is 0.255 e. The molecule has 5 atom stereocenters. The van der Waals surface area contributed by atoms with Gasteiger partial charge >= 0.3 is 0 Å². The fourth-order valence-electron chi connectivity index (χ4n) is 5.04. The number of aliphatic hydroxyl groups is 1. The number of rotatable bonds is 2. The van der Waals surface area contributed by atoms with E-state index in [1.165, 1.54) is 0 Å². The van der Waals surface area contributed by atoms with Crippen LogP contribution >= 0.6 is 0 Å². The van der Waals surface area contributed by atoms with Gasteiger partial charge in [0.1, 0.15) is 17.7 Å². The van der Waals surface area contributed by atoms with Gasteiger partial charge in [0.2, 0.25) is 5.91 Å². The van der Waals surface area contributed by atoms with Crippen LogP contribution in [0.2, 0.25) is 0 Å². The second kappa shape index (κ2) is 10.1. The number of para-hydroxylation sites is 1. The van der Waals surface area contributed by atoms with Crippen LogP contribution in [-0.2, 0) is 16.1 Å². The average Bonchev–Trinajstić information content (AvgIpc) is 3.49. The summed E-state index contributed by atoms with van der Waals surface area (Å²) < 4.78 is 12.1. The molecule has 2 aromatic rings. The number of aromatic nitrogens is 2.